The molecule has 0 spiro atoms. The fourth-order valence-electron chi connectivity index (χ4n) is 4.30. The van der Waals surface area contributed by atoms with Crippen molar-refractivity contribution in [2.45, 2.75) is 59.3 Å². The fourth-order valence-corrected chi connectivity index (χ4v) is 4.30. The minimum atomic E-state index is -0.395. The highest BCUT2D eigenvalue weighted by Crippen LogP contribution is 2.36. The normalized spacial score (nSPS) is 20.3. The van der Waals surface area contributed by atoms with Crippen LogP contribution in [0.1, 0.15) is 68.8 Å². The molecule has 2 aliphatic rings. The SMILES string of the molecule is CCCC(CCC(C)C1CC(=O)N(c2ccc3c(c2)C(=O)C3)C1=O)C(=O)OCC. The lowest BCUT2D eigenvalue weighted by Gasteiger charge is -2.23. The van der Waals surface area contributed by atoms with E-state index in [2.05, 4.69) is 0 Å². The molecule has 0 N–H and O–H groups in total. The summed E-state index contributed by atoms with van der Waals surface area (Å²) < 4.78 is 5.17. The molecule has 3 unspecified atom stereocenters. The maximum Gasteiger partial charge on any atom is 0.308 e. The Bertz CT molecular complexity index is 831. The summed E-state index contributed by atoms with van der Waals surface area (Å²) in [5, 5.41) is 0. The predicted octanol–water partition coefficient (Wildman–Crippen LogP) is 3.70. The minimum absolute atomic E-state index is 0.0153. The monoisotopic (exact) mass is 399 g/mol. The molecule has 6 nitrogen and oxygen atoms in total. The fraction of sp³-hybridized carbons (Fsp3) is 0.565. The van der Waals surface area contributed by atoms with Gasteiger partial charge >= 0.3 is 5.97 Å². The Morgan fingerprint density at radius 3 is 2.59 bits per heavy atom. The minimum Gasteiger partial charge on any atom is -0.466 e. The van der Waals surface area contributed by atoms with Crippen LogP contribution in [0.5, 0.6) is 0 Å². The standard InChI is InChI=1S/C23H29NO5/c1-4-6-15(23(28)29-5-2)8-7-14(3)18-13-21(26)24(22(18)27)17-10-9-16-11-20(25)19(16)12-17/h9-10,12,14-15,18H,4-8,11,13H2,1-3H3. The molecular formula is C23H29NO5. The number of carbonyl (C=O) groups is 4. The van der Waals surface area contributed by atoms with Crippen LogP contribution in [-0.4, -0.2) is 30.2 Å². The number of ether oxygens (including phenoxy) is 1. The average Bonchev–Trinajstić information content (AvgIpc) is 2.98. The number of fused-ring (bicyclic) bond motifs is 1. The summed E-state index contributed by atoms with van der Waals surface area (Å²) in [6.07, 6.45) is 3.59. The van der Waals surface area contributed by atoms with E-state index >= 15 is 0 Å². The Labute approximate surface area is 171 Å². The molecule has 3 rings (SSSR count). The van der Waals surface area contributed by atoms with Gasteiger partial charge in [-0.15, -0.1) is 0 Å². The van der Waals surface area contributed by atoms with Gasteiger partial charge in [-0.1, -0.05) is 26.3 Å². The van der Waals surface area contributed by atoms with Gasteiger partial charge in [0.25, 0.3) is 0 Å². The van der Waals surface area contributed by atoms with Crippen molar-refractivity contribution < 1.29 is 23.9 Å². The molecule has 1 aromatic carbocycles. The molecule has 29 heavy (non-hydrogen) atoms. The molecule has 3 atom stereocenters. The zero-order valence-corrected chi connectivity index (χ0v) is 17.4. The Morgan fingerprint density at radius 2 is 1.93 bits per heavy atom. The number of benzene rings is 1. The van der Waals surface area contributed by atoms with Crippen molar-refractivity contribution in [2.75, 3.05) is 11.5 Å². The van der Waals surface area contributed by atoms with Gasteiger partial charge in [-0.2, -0.15) is 0 Å². The zero-order valence-electron chi connectivity index (χ0n) is 17.4. The lowest BCUT2D eigenvalue weighted by molar-refractivity contribution is -0.148. The number of esters is 1. The van der Waals surface area contributed by atoms with Crippen molar-refractivity contribution in [1.82, 2.24) is 0 Å². The summed E-state index contributed by atoms with van der Waals surface area (Å²) in [4.78, 5) is 50.6. The van der Waals surface area contributed by atoms with Gasteiger partial charge in [-0.05, 0) is 49.8 Å². The Hall–Kier alpha value is -2.50. The first-order chi connectivity index (χ1) is 13.9. The first-order valence-corrected chi connectivity index (χ1v) is 10.6. The smallest absolute Gasteiger partial charge is 0.308 e. The van der Waals surface area contributed by atoms with Crippen LogP contribution < -0.4 is 4.90 Å². The third-order valence-electron chi connectivity index (χ3n) is 6.10. The van der Waals surface area contributed by atoms with E-state index in [9.17, 15) is 19.2 Å². The molecule has 1 aromatic rings. The average molecular weight is 399 g/mol. The van der Waals surface area contributed by atoms with Gasteiger partial charge in [0.2, 0.25) is 11.8 Å². The lowest BCUT2D eigenvalue weighted by Crippen LogP contribution is -2.32. The van der Waals surface area contributed by atoms with Crippen molar-refractivity contribution in [3.63, 3.8) is 0 Å². The van der Waals surface area contributed by atoms with Crippen molar-refractivity contribution in [2.24, 2.45) is 17.8 Å². The number of anilines is 1. The van der Waals surface area contributed by atoms with E-state index in [0.29, 0.717) is 37.1 Å². The van der Waals surface area contributed by atoms with Crippen LogP contribution in [0.2, 0.25) is 0 Å². The van der Waals surface area contributed by atoms with Gasteiger partial charge in [0.05, 0.1) is 24.1 Å². The Balaban J connectivity index is 1.65. The first kappa shape index (κ1) is 21.2. The number of nitrogens with zero attached hydrogens (tertiary/aromatic N) is 1. The van der Waals surface area contributed by atoms with Crippen molar-refractivity contribution in [3.8, 4) is 0 Å². The third-order valence-corrected chi connectivity index (χ3v) is 6.10. The molecule has 1 heterocycles. The molecular weight excluding hydrogens is 370 g/mol. The largest absolute Gasteiger partial charge is 0.466 e. The van der Waals surface area contributed by atoms with E-state index in [1.54, 1.807) is 19.1 Å². The van der Waals surface area contributed by atoms with Crippen LogP contribution in [0.15, 0.2) is 18.2 Å². The zero-order chi connectivity index (χ0) is 21.1. The highest BCUT2D eigenvalue weighted by atomic mass is 16.5. The number of hydrogen-bond donors (Lipinski definition) is 0. The van der Waals surface area contributed by atoms with E-state index in [4.69, 9.17) is 4.74 Å². The predicted molar refractivity (Wildman–Crippen MR) is 109 cm³/mol. The van der Waals surface area contributed by atoms with Gasteiger partial charge in [0.15, 0.2) is 5.78 Å². The second-order valence-corrected chi connectivity index (χ2v) is 8.11. The Kier molecular flexibility index (Phi) is 6.50. The van der Waals surface area contributed by atoms with Gasteiger partial charge in [0, 0.05) is 18.4 Å². The summed E-state index contributed by atoms with van der Waals surface area (Å²) in [7, 11) is 0. The summed E-state index contributed by atoms with van der Waals surface area (Å²) in [5.74, 6) is -1.14. The van der Waals surface area contributed by atoms with Gasteiger partial charge in [-0.25, -0.2) is 0 Å². The second-order valence-electron chi connectivity index (χ2n) is 8.11. The van der Waals surface area contributed by atoms with Crippen molar-refractivity contribution in [3.05, 3.63) is 29.3 Å². The molecule has 2 amide bonds. The Morgan fingerprint density at radius 1 is 1.17 bits per heavy atom. The van der Waals surface area contributed by atoms with E-state index in [-0.39, 0.29) is 41.8 Å². The van der Waals surface area contributed by atoms with Gasteiger partial charge in [-0.3, -0.25) is 24.1 Å². The van der Waals surface area contributed by atoms with Crippen LogP contribution >= 0.6 is 0 Å². The summed E-state index contributed by atoms with van der Waals surface area (Å²) >= 11 is 0. The van der Waals surface area contributed by atoms with E-state index in [1.807, 2.05) is 19.9 Å². The molecule has 0 bridgehead atoms. The highest BCUT2D eigenvalue weighted by Gasteiger charge is 2.42. The molecule has 0 saturated carbocycles. The van der Waals surface area contributed by atoms with Crippen LogP contribution in [0.25, 0.3) is 0 Å². The number of rotatable bonds is 9. The summed E-state index contributed by atoms with van der Waals surface area (Å²) in [6, 6.07) is 5.21. The number of hydrogen-bond acceptors (Lipinski definition) is 5. The van der Waals surface area contributed by atoms with E-state index in [1.165, 1.54) is 4.90 Å². The number of carbonyl (C=O) groups excluding carboxylic acids is 4. The van der Waals surface area contributed by atoms with Crippen LogP contribution in [0.4, 0.5) is 5.69 Å². The third kappa shape index (κ3) is 4.26. The van der Waals surface area contributed by atoms with Gasteiger partial charge < -0.3 is 4.74 Å². The molecule has 0 radical (unpaired) electrons. The second kappa shape index (κ2) is 8.89. The van der Waals surface area contributed by atoms with Crippen LogP contribution in [0.3, 0.4) is 0 Å². The first-order valence-electron chi connectivity index (χ1n) is 10.6. The molecule has 6 heteroatoms. The number of amides is 2. The van der Waals surface area contributed by atoms with Crippen LogP contribution in [-0.2, 0) is 25.5 Å². The topological polar surface area (TPSA) is 80.8 Å². The molecule has 1 fully saturated rings. The van der Waals surface area contributed by atoms with Crippen LogP contribution in [0, 0.1) is 17.8 Å². The maximum atomic E-state index is 13.0. The molecule has 1 aliphatic carbocycles. The van der Waals surface area contributed by atoms with Crippen molar-refractivity contribution in [1.29, 1.82) is 0 Å². The molecule has 1 aliphatic heterocycles. The summed E-state index contributed by atoms with van der Waals surface area (Å²) in [5.41, 5.74) is 2.05. The molecule has 0 aromatic heterocycles. The quantitative estimate of drug-likeness (QED) is 0.467. The van der Waals surface area contributed by atoms with E-state index < -0.39 is 5.92 Å². The number of ketones is 1. The molecule has 156 valence electrons. The lowest BCUT2D eigenvalue weighted by atomic mass is 9.85. The van der Waals surface area contributed by atoms with Gasteiger partial charge in [0.1, 0.15) is 0 Å². The van der Waals surface area contributed by atoms with Crippen molar-refractivity contribution >= 4 is 29.3 Å². The molecule has 1 saturated heterocycles. The van der Waals surface area contributed by atoms with E-state index in [0.717, 1.165) is 18.4 Å². The summed E-state index contributed by atoms with van der Waals surface area (Å²) in [6.45, 7) is 6.16. The number of Topliss-reactive ketones (excluding diaryl/α,β-unsaturated/α-hetero) is 1. The number of imide groups is 1. The highest BCUT2D eigenvalue weighted by molar-refractivity contribution is 6.21. The maximum absolute atomic E-state index is 13.0.